The second kappa shape index (κ2) is 5.72. The van der Waals surface area contributed by atoms with E-state index in [1.54, 1.807) is 11.3 Å². The molecule has 0 saturated carbocycles. The van der Waals surface area contributed by atoms with Gasteiger partial charge in [-0.3, -0.25) is 0 Å². The number of rotatable bonds is 3. The van der Waals surface area contributed by atoms with Crippen molar-refractivity contribution in [2.75, 3.05) is 11.5 Å². The Balaban J connectivity index is 1.84. The number of nitrogens with zero attached hydrogens (tertiary/aromatic N) is 1. The van der Waals surface area contributed by atoms with Gasteiger partial charge < -0.3 is 5.32 Å². The van der Waals surface area contributed by atoms with Gasteiger partial charge in [-0.25, -0.2) is 4.98 Å². The molecule has 1 aromatic heterocycles. The Labute approximate surface area is 113 Å². The summed E-state index contributed by atoms with van der Waals surface area (Å²) in [6.45, 7) is 7.59. The molecule has 2 rings (SSSR count). The first-order valence-electron chi connectivity index (χ1n) is 6.32. The Hall–Kier alpha value is -0.0600. The van der Waals surface area contributed by atoms with E-state index in [4.69, 9.17) is 4.98 Å². The molecule has 1 unspecified atom stereocenters. The van der Waals surface area contributed by atoms with Crippen molar-refractivity contribution in [3.05, 3.63) is 16.1 Å². The van der Waals surface area contributed by atoms with Crippen molar-refractivity contribution in [3.8, 4) is 0 Å². The van der Waals surface area contributed by atoms with Crippen LogP contribution in [0.5, 0.6) is 0 Å². The molecule has 0 amide bonds. The number of thiazole rings is 1. The van der Waals surface area contributed by atoms with Gasteiger partial charge in [0.1, 0.15) is 5.01 Å². The van der Waals surface area contributed by atoms with Gasteiger partial charge in [0.25, 0.3) is 0 Å². The standard InChI is InChI=1S/C13H22N2S2/c1-13(2,3)11-9-17-12(15-11)7-14-10-5-4-6-16-8-10/h9-10,14H,4-8H2,1-3H3. The lowest BCUT2D eigenvalue weighted by atomic mass is 9.93. The Kier molecular flexibility index (Phi) is 4.50. The third-order valence-corrected chi connectivity index (χ3v) is 5.09. The van der Waals surface area contributed by atoms with Crippen LogP contribution in [0.4, 0.5) is 0 Å². The van der Waals surface area contributed by atoms with Crippen molar-refractivity contribution in [1.29, 1.82) is 0 Å². The first-order valence-corrected chi connectivity index (χ1v) is 8.35. The minimum Gasteiger partial charge on any atom is -0.307 e. The molecular formula is C13H22N2S2. The smallest absolute Gasteiger partial charge is 0.107 e. The van der Waals surface area contributed by atoms with Crippen molar-refractivity contribution in [2.45, 2.75) is 51.6 Å². The van der Waals surface area contributed by atoms with Gasteiger partial charge in [-0.05, 0) is 18.6 Å². The Morgan fingerprint density at radius 1 is 1.47 bits per heavy atom. The minimum absolute atomic E-state index is 0.176. The number of hydrogen-bond donors (Lipinski definition) is 1. The molecule has 1 aliphatic heterocycles. The van der Waals surface area contributed by atoms with E-state index in [9.17, 15) is 0 Å². The molecule has 0 aliphatic carbocycles. The molecule has 1 saturated heterocycles. The fourth-order valence-electron chi connectivity index (χ4n) is 1.87. The summed E-state index contributed by atoms with van der Waals surface area (Å²) in [5.41, 5.74) is 1.40. The molecule has 2 nitrogen and oxygen atoms in total. The average molecular weight is 270 g/mol. The lowest BCUT2D eigenvalue weighted by Gasteiger charge is -2.22. The molecule has 17 heavy (non-hydrogen) atoms. The van der Waals surface area contributed by atoms with Crippen LogP contribution in [0.2, 0.25) is 0 Å². The van der Waals surface area contributed by atoms with E-state index in [1.807, 2.05) is 0 Å². The van der Waals surface area contributed by atoms with Gasteiger partial charge in [-0.1, -0.05) is 20.8 Å². The number of thioether (sulfide) groups is 1. The summed E-state index contributed by atoms with van der Waals surface area (Å²) < 4.78 is 0. The van der Waals surface area contributed by atoms with Crippen molar-refractivity contribution in [2.24, 2.45) is 0 Å². The molecule has 0 bridgehead atoms. The maximum Gasteiger partial charge on any atom is 0.107 e. The predicted octanol–water partition coefficient (Wildman–Crippen LogP) is 3.43. The molecule has 0 spiro atoms. The van der Waals surface area contributed by atoms with E-state index < -0.39 is 0 Å². The summed E-state index contributed by atoms with van der Waals surface area (Å²) in [6.07, 6.45) is 2.68. The SMILES string of the molecule is CC(C)(C)c1csc(CNC2CCCSC2)n1. The largest absolute Gasteiger partial charge is 0.307 e. The zero-order valence-electron chi connectivity index (χ0n) is 11.0. The van der Waals surface area contributed by atoms with Gasteiger partial charge >= 0.3 is 0 Å². The highest BCUT2D eigenvalue weighted by Gasteiger charge is 2.18. The lowest BCUT2D eigenvalue weighted by molar-refractivity contribution is 0.504. The van der Waals surface area contributed by atoms with Gasteiger partial charge in [0, 0.05) is 29.1 Å². The van der Waals surface area contributed by atoms with E-state index >= 15 is 0 Å². The normalized spacial score (nSPS) is 21.7. The highest BCUT2D eigenvalue weighted by Crippen LogP contribution is 2.24. The Bertz CT molecular complexity index is 349. The molecule has 1 aliphatic rings. The van der Waals surface area contributed by atoms with Crippen LogP contribution in [-0.4, -0.2) is 22.5 Å². The van der Waals surface area contributed by atoms with Crippen LogP contribution in [-0.2, 0) is 12.0 Å². The quantitative estimate of drug-likeness (QED) is 0.911. The van der Waals surface area contributed by atoms with Gasteiger partial charge in [0.15, 0.2) is 0 Å². The first-order chi connectivity index (χ1) is 8.05. The van der Waals surface area contributed by atoms with E-state index in [1.165, 1.54) is 35.0 Å². The zero-order valence-corrected chi connectivity index (χ0v) is 12.6. The number of nitrogens with one attached hydrogen (secondary N) is 1. The van der Waals surface area contributed by atoms with E-state index in [0.717, 1.165) is 6.54 Å². The second-order valence-corrected chi connectivity index (χ2v) is 7.76. The van der Waals surface area contributed by atoms with Crippen LogP contribution in [0, 0.1) is 0 Å². The number of aromatic nitrogens is 1. The lowest BCUT2D eigenvalue weighted by Crippen LogP contribution is -2.33. The van der Waals surface area contributed by atoms with Crippen LogP contribution >= 0.6 is 23.1 Å². The summed E-state index contributed by atoms with van der Waals surface area (Å²) in [4.78, 5) is 4.72. The maximum atomic E-state index is 4.72. The Morgan fingerprint density at radius 2 is 2.29 bits per heavy atom. The molecule has 0 radical (unpaired) electrons. The molecule has 1 fully saturated rings. The van der Waals surface area contributed by atoms with Crippen molar-refractivity contribution in [3.63, 3.8) is 0 Å². The van der Waals surface area contributed by atoms with Crippen LogP contribution < -0.4 is 5.32 Å². The summed E-state index contributed by atoms with van der Waals surface area (Å²) in [5.74, 6) is 2.60. The van der Waals surface area contributed by atoms with Crippen LogP contribution in [0.15, 0.2) is 5.38 Å². The zero-order chi connectivity index (χ0) is 12.3. The molecule has 0 aromatic carbocycles. The van der Waals surface area contributed by atoms with E-state index in [2.05, 4.69) is 43.2 Å². The molecule has 1 atom stereocenters. The summed E-state index contributed by atoms with van der Waals surface area (Å²) in [6, 6.07) is 0.690. The summed E-state index contributed by atoms with van der Waals surface area (Å²) in [5, 5.41) is 7.06. The van der Waals surface area contributed by atoms with Gasteiger partial charge in [-0.2, -0.15) is 11.8 Å². The van der Waals surface area contributed by atoms with Crippen molar-refractivity contribution in [1.82, 2.24) is 10.3 Å². The minimum atomic E-state index is 0.176. The third kappa shape index (κ3) is 3.97. The molecule has 2 heterocycles. The van der Waals surface area contributed by atoms with Gasteiger partial charge in [0.2, 0.25) is 0 Å². The molecule has 1 N–H and O–H groups in total. The molecule has 1 aromatic rings. The van der Waals surface area contributed by atoms with Crippen molar-refractivity contribution >= 4 is 23.1 Å². The second-order valence-electron chi connectivity index (χ2n) is 5.67. The average Bonchev–Trinajstić information content (AvgIpc) is 2.76. The Morgan fingerprint density at radius 3 is 2.88 bits per heavy atom. The van der Waals surface area contributed by atoms with Crippen molar-refractivity contribution < 1.29 is 0 Å². The van der Waals surface area contributed by atoms with Gasteiger partial charge in [-0.15, -0.1) is 11.3 Å². The number of hydrogen-bond acceptors (Lipinski definition) is 4. The highest BCUT2D eigenvalue weighted by atomic mass is 32.2. The summed E-state index contributed by atoms with van der Waals surface area (Å²) in [7, 11) is 0. The van der Waals surface area contributed by atoms with Crippen LogP contribution in [0.3, 0.4) is 0 Å². The topological polar surface area (TPSA) is 24.9 Å². The molecular weight excluding hydrogens is 248 g/mol. The van der Waals surface area contributed by atoms with E-state index in [-0.39, 0.29) is 5.41 Å². The fraction of sp³-hybridized carbons (Fsp3) is 0.769. The highest BCUT2D eigenvalue weighted by molar-refractivity contribution is 7.99. The maximum absolute atomic E-state index is 4.72. The fourth-order valence-corrected chi connectivity index (χ4v) is 3.95. The van der Waals surface area contributed by atoms with Crippen LogP contribution in [0.25, 0.3) is 0 Å². The van der Waals surface area contributed by atoms with Crippen LogP contribution in [0.1, 0.15) is 44.3 Å². The molecule has 4 heteroatoms. The van der Waals surface area contributed by atoms with Gasteiger partial charge in [0.05, 0.1) is 5.69 Å². The first kappa shape index (κ1) is 13.4. The third-order valence-electron chi connectivity index (χ3n) is 3.02. The van der Waals surface area contributed by atoms with E-state index in [0.29, 0.717) is 6.04 Å². The summed E-state index contributed by atoms with van der Waals surface area (Å²) >= 11 is 3.85. The monoisotopic (exact) mass is 270 g/mol. The predicted molar refractivity (Wildman–Crippen MR) is 78.0 cm³/mol. The molecule has 96 valence electrons.